The topological polar surface area (TPSA) is 54.9 Å². The molecule has 3 aromatic rings. The van der Waals surface area contributed by atoms with Crippen molar-refractivity contribution < 1.29 is 4.79 Å². The molecule has 0 aliphatic rings. The molecule has 25 heavy (non-hydrogen) atoms. The average molecular weight is 354 g/mol. The third-order valence-corrected chi connectivity index (χ3v) is 4.28. The minimum absolute atomic E-state index is 0.0818. The van der Waals surface area contributed by atoms with Crippen LogP contribution >= 0.6 is 11.6 Å². The van der Waals surface area contributed by atoms with E-state index in [0.29, 0.717) is 17.1 Å². The second-order valence-corrected chi connectivity index (χ2v) is 7.13. The molecule has 0 unspecified atom stereocenters. The second-order valence-electron chi connectivity index (χ2n) is 6.73. The average Bonchev–Trinajstić information content (AvgIpc) is 2.56. The molecular formula is C20H20ClN3O. The molecule has 0 bridgehead atoms. The molecule has 4 nitrogen and oxygen atoms in total. The van der Waals surface area contributed by atoms with E-state index in [1.807, 2.05) is 62.4 Å². The van der Waals surface area contributed by atoms with E-state index in [1.165, 1.54) is 0 Å². The summed E-state index contributed by atoms with van der Waals surface area (Å²) in [6.07, 6.45) is 2.51. The number of hydrogen-bond donors (Lipinski definition) is 1. The number of para-hydroxylation sites is 2. The van der Waals surface area contributed by atoms with E-state index in [2.05, 4.69) is 15.3 Å². The van der Waals surface area contributed by atoms with Crippen LogP contribution in [0.5, 0.6) is 0 Å². The maximum atomic E-state index is 12.4. The summed E-state index contributed by atoms with van der Waals surface area (Å²) in [4.78, 5) is 21.3. The van der Waals surface area contributed by atoms with Gasteiger partial charge in [0.15, 0.2) is 0 Å². The van der Waals surface area contributed by atoms with Gasteiger partial charge in [0.25, 0.3) is 0 Å². The van der Waals surface area contributed by atoms with Gasteiger partial charge in [-0.25, -0.2) is 4.98 Å². The van der Waals surface area contributed by atoms with Gasteiger partial charge in [-0.1, -0.05) is 41.9 Å². The van der Waals surface area contributed by atoms with Crippen LogP contribution in [-0.2, 0) is 17.6 Å². The molecule has 0 fully saturated rings. The minimum Gasteiger partial charge on any atom is -0.351 e. The normalized spacial score (nSPS) is 11.5. The van der Waals surface area contributed by atoms with Gasteiger partial charge in [0, 0.05) is 16.8 Å². The fourth-order valence-electron chi connectivity index (χ4n) is 2.83. The number of fused-ring (bicyclic) bond motifs is 1. The molecule has 3 rings (SSSR count). The highest BCUT2D eigenvalue weighted by atomic mass is 35.5. The Morgan fingerprint density at radius 3 is 2.52 bits per heavy atom. The quantitative estimate of drug-likeness (QED) is 0.755. The van der Waals surface area contributed by atoms with Gasteiger partial charge < -0.3 is 5.32 Å². The summed E-state index contributed by atoms with van der Waals surface area (Å²) in [5.74, 6) is -0.0818. The molecule has 5 heteroatoms. The minimum atomic E-state index is -0.410. The van der Waals surface area contributed by atoms with Crippen molar-refractivity contribution in [2.45, 2.75) is 32.2 Å². The Labute approximate surface area is 152 Å². The summed E-state index contributed by atoms with van der Waals surface area (Å²) in [6, 6.07) is 15.3. The molecule has 1 N–H and O–H groups in total. The largest absolute Gasteiger partial charge is 0.351 e. The number of nitrogens with one attached hydrogen (secondary N) is 1. The van der Waals surface area contributed by atoms with Crippen LogP contribution in [0.15, 0.2) is 54.7 Å². The zero-order valence-electron chi connectivity index (χ0n) is 14.3. The number of carbonyl (C=O) groups is 1. The van der Waals surface area contributed by atoms with Crippen molar-refractivity contribution in [1.82, 2.24) is 15.3 Å². The third kappa shape index (κ3) is 4.54. The fourth-order valence-corrected chi connectivity index (χ4v) is 3.03. The van der Waals surface area contributed by atoms with E-state index in [9.17, 15) is 4.79 Å². The fraction of sp³-hybridized carbons (Fsp3) is 0.250. The molecular weight excluding hydrogens is 334 g/mol. The SMILES string of the molecule is CC(C)(Cc1ccccc1Cl)NC(=O)Cc1cnc2ccccc2n1. The lowest BCUT2D eigenvalue weighted by molar-refractivity contribution is -0.122. The molecule has 0 atom stereocenters. The monoisotopic (exact) mass is 353 g/mol. The van der Waals surface area contributed by atoms with Gasteiger partial charge in [-0.3, -0.25) is 9.78 Å². The molecule has 0 saturated carbocycles. The number of halogens is 1. The van der Waals surface area contributed by atoms with Gasteiger partial charge in [-0.2, -0.15) is 0 Å². The van der Waals surface area contributed by atoms with Crippen LogP contribution in [0, 0.1) is 0 Å². The van der Waals surface area contributed by atoms with Crippen molar-refractivity contribution in [3.05, 3.63) is 71.0 Å². The van der Waals surface area contributed by atoms with Crippen molar-refractivity contribution in [2.24, 2.45) is 0 Å². The van der Waals surface area contributed by atoms with Gasteiger partial charge in [0.05, 0.1) is 23.1 Å². The second kappa shape index (κ2) is 7.19. The van der Waals surface area contributed by atoms with Gasteiger partial charge in [-0.05, 0) is 44.0 Å². The van der Waals surface area contributed by atoms with Gasteiger partial charge in [-0.15, -0.1) is 0 Å². The van der Waals surface area contributed by atoms with Crippen LogP contribution in [0.2, 0.25) is 5.02 Å². The van der Waals surface area contributed by atoms with E-state index in [-0.39, 0.29) is 12.3 Å². The Morgan fingerprint density at radius 1 is 1.08 bits per heavy atom. The first kappa shape index (κ1) is 17.4. The predicted molar refractivity (Wildman–Crippen MR) is 101 cm³/mol. The third-order valence-electron chi connectivity index (χ3n) is 3.91. The van der Waals surface area contributed by atoms with Crippen LogP contribution in [0.25, 0.3) is 11.0 Å². The van der Waals surface area contributed by atoms with Crippen LogP contribution in [0.1, 0.15) is 25.1 Å². The molecule has 0 aliphatic heterocycles. The first-order chi connectivity index (χ1) is 11.9. The molecule has 1 heterocycles. The number of rotatable bonds is 5. The van der Waals surface area contributed by atoms with Crippen molar-refractivity contribution >= 4 is 28.5 Å². The summed E-state index contributed by atoms with van der Waals surface area (Å²) >= 11 is 6.22. The van der Waals surface area contributed by atoms with E-state index in [1.54, 1.807) is 6.20 Å². The van der Waals surface area contributed by atoms with Crippen LogP contribution < -0.4 is 5.32 Å². The van der Waals surface area contributed by atoms with Crippen LogP contribution in [0.3, 0.4) is 0 Å². The highest BCUT2D eigenvalue weighted by Crippen LogP contribution is 2.21. The Bertz CT molecular complexity index is 908. The van der Waals surface area contributed by atoms with E-state index in [0.717, 1.165) is 16.6 Å². The van der Waals surface area contributed by atoms with Crippen molar-refractivity contribution in [2.75, 3.05) is 0 Å². The van der Waals surface area contributed by atoms with E-state index in [4.69, 9.17) is 11.6 Å². The molecule has 0 saturated heterocycles. The number of hydrogen-bond acceptors (Lipinski definition) is 3. The summed E-state index contributed by atoms with van der Waals surface area (Å²) in [7, 11) is 0. The summed E-state index contributed by atoms with van der Waals surface area (Å²) in [5, 5.41) is 3.78. The lowest BCUT2D eigenvalue weighted by Gasteiger charge is -2.27. The Morgan fingerprint density at radius 2 is 1.76 bits per heavy atom. The zero-order chi connectivity index (χ0) is 17.9. The maximum absolute atomic E-state index is 12.4. The molecule has 128 valence electrons. The number of amides is 1. The lowest BCUT2D eigenvalue weighted by Crippen LogP contribution is -2.45. The Hall–Kier alpha value is -2.46. The van der Waals surface area contributed by atoms with Gasteiger partial charge in [0.1, 0.15) is 0 Å². The summed E-state index contributed by atoms with van der Waals surface area (Å²) in [6.45, 7) is 3.97. The van der Waals surface area contributed by atoms with Gasteiger partial charge >= 0.3 is 0 Å². The van der Waals surface area contributed by atoms with Crippen LogP contribution in [0.4, 0.5) is 0 Å². The lowest BCUT2D eigenvalue weighted by atomic mass is 9.94. The smallest absolute Gasteiger partial charge is 0.226 e. The molecule has 1 aromatic heterocycles. The maximum Gasteiger partial charge on any atom is 0.226 e. The number of nitrogens with zero attached hydrogens (tertiary/aromatic N) is 2. The molecule has 0 radical (unpaired) electrons. The van der Waals surface area contributed by atoms with Gasteiger partial charge in [0.2, 0.25) is 5.91 Å². The predicted octanol–water partition coefficient (Wildman–Crippen LogP) is 3.96. The Kier molecular flexibility index (Phi) is 5.00. The van der Waals surface area contributed by atoms with Crippen LogP contribution in [-0.4, -0.2) is 21.4 Å². The molecule has 1 amide bonds. The first-order valence-corrected chi connectivity index (χ1v) is 8.56. The summed E-state index contributed by atoms with van der Waals surface area (Å²) < 4.78 is 0. The van der Waals surface area contributed by atoms with Crippen molar-refractivity contribution in [3.63, 3.8) is 0 Å². The molecule has 2 aromatic carbocycles. The number of aromatic nitrogens is 2. The highest BCUT2D eigenvalue weighted by molar-refractivity contribution is 6.31. The Balaban J connectivity index is 1.67. The zero-order valence-corrected chi connectivity index (χ0v) is 15.0. The van der Waals surface area contributed by atoms with E-state index < -0.39 is 5.54 Å². The van der Waals surface area contributed by atoms with Crippen molar-refractivity contribution in [3.8, 4) is 0 Å². The molecule has 0 aliphatic carbocycles. The van der Waals surface area contributed by atoms with Crippen molar-refractivity contribution in [1.29, 1.82) is 0 Å². The first-order valence-electron chi connectivity index (χ1n) is 8.18. The van der Waals surface area contributed by atoms with E-state index >= 15 is 0 Å². The highest BCUT2D eigenvalue weighted by Gasteiger charge is 2.22. The number of benzene rings is 2. The molecule has 0 spiro atoms. The summed E-state index contributed by atoms with van der Waals surface area (Å²) in [5.41, 5.74) is 2.88. The number of carbonyl (C=O) groups excluding carboxylic acids is 1. The standard InChI is InChI=1S/C20H20ClN3O/c1-20(2,12-14-7-3-4-8-16(14)21)24-19(25)11-15-13-22-17-9-5-6-10-18(17)23-15/h3-10,13H,11-12H2,1-2H3,(H,24,25).